The number of carboxylic acid groups (broad SMARTS) is 1. The topological polar surface area (TPSA) is 104 Å². The van der Waals surface area contributed by atoms with Crippen molar-refractivity contribution < 1.29 is 14.7 Å². The normalized spacial score (nSPS) is 10.8. The first kappa shape index (κ1) is 14.4. The fourth-order valence-electron chi connectivity index (χ4n) is 1.18. The van der Waals surface area contributed by atoms with E-state index in [1.54, 1.807) is 13.8 Å². The lowest BCUT2D eigenvalue weighted by Crippen LogP contribution is -2.51. The molecule has 1 aromatic rings. The van der Waals surface area contributed by atoms with Crippen LogP contribution in [0.3, 0.4) is 0 Å². The second-order valence-corrected chi connectivity index (χ2v) is 5.04. The van der Waals surface area contributed by atoms with Gasteiger partial charge in [-0.05, 0) is 29.8 Å². The van der Waals surface area contributed by atoms with Crippen LogP contribution in [0.4, 0.5) is 4.79 Å². The minimum Gasteiger partial charge on any atom is -0.465 e. The van der Waals surface area contributed by atoms with Crippen molar-refractivity contribution >= 4 is 27.9 Å². The van der Waals surface area contributed by atoms with Crippen molar-refractivity contribution in [2.45, 2.75) is 19.4 Å². The number of nitrogens with one attached hydrogen (secondary N) is 2. The maximum atomic E-state index is 11.7. The fourth-order valence-corrected chi connectivity index (χ4v) is 1.49. The van der Waals surface area contributed by atoms with Crippen LogP contribution in [0, 0.1) is 0 Å². The molecule has 0 radical (unpaired) electrons. The number of hydrogen-bond acceptors (Lipinski definition) is 4. The highest BCUT2D eigenvalue weighted by molar-refractivity contribution is 9.10. The molecule has 18 heavy (non-hydrogen) atoms. The summed E-state index contributed by atoms with van der Waals surface area (Å²) in [5.74, 6) is -0.413. The van der Waals surface area contributed by atoms with Crippen LogP contribution in [0.25, 0.3) is 0 Å². The molecule has 0 fully saturated rings. The van der Waals surface area contributed by atoms with Gasteiger partial charge in [0.25, 0.3) is 5.91 Å². The van der Waals surface area contributed by atoms with Crippen LogP contribution >= 0.6 is 15.9 Å². The largest absolute Gasteiger partial charge is 0.465 e. The monoisotopic (exact) mass is 316 g/mol. The van der Waals surface area contributed by atoms with E-state index in [1.165, 1.54) is 12.4 Å². The fraction of sp³-hybridized carbons (Fsp3) is 0.400. The summed E-state index contributed by atoms with van der Waals surface area (Å²) in [6.45, 7) is 3.47. The maximum absolute atomic E-state index is 11.7. The van der Waals surface area contributed by atoms with Gasteiger partial charge in [-0.3, -0.25) is 9.78 Å². The first-order valence-electron chi connectivity index (χ1n) is 5.07. The second kappa shape index (κ2) is 5.76. The van der Waals surface area contributed by atoms with Crippen molar-refractivity contribution in [1.82, 2.24) is 20.6 Å². The lowest BCUT2D eigenvalue weighted by Gasteiger charge is -2.24. The van der Waals surface area contributed by atoms with Crippen molar-refractivity contribution in [3.8, 4) is 0 Å². The van der Waals surface area contributed by atoms with E-state index < -0.39 is 17.5 Å². The Kier molecular flexibility index (Phi) is 4.60. The van der Waals surface area contributed by atoms with Crippen molar-refractivity contribution in [3.05, 3.63) is 22.7 Å². The minimum absolute atomic E-state index is 0.145. The Bertz CT molecular complexity index is 464. The SMILES string of the molecule is CC(C)(CNC(=O)c1cncc(Br)n1)NC(=O)O. The molecule has 0 spiro atoms. The van der Waals surface area contributed by atoms with E-state index >= 15 is 0 Å². The van der Waals surface area contributed by atoms with Crippen molar-refractivity contribution in [3.63, 3.8) is 0 Å². The van der Waals surface area contributed by atoms with Crippen molar-refractivity contribution in [2.75, 3.05) is 6.54 Å². The number of hydrogen-bond donors (Lipinski definition) is 3. The van der Waals surface area contributed by atoms with Crippen molar-refractivity contribution in [2.24, 2.45) is 0 Å². The summed E-state index contributed by atoms with van der Waals surface area (Å²) >= 11 is 3.11. The third kappa shape index (κ3) is 4.66. The Morgan fingerprint density at radius 3 is 2.67 bits per heavy atom. The van der Waals surface area contributed by atoms with Gasteiger partial charge in [0, 0.05) is 6.54 Å². The van der Waals surface area contributed by atoms with E-state index in [-0.39, 0.29) is 12.2 Å². The van der Waals surface area contributed by atoms with Gasteiger partial charge >= 0.3 is 6.09 Å². The minimum atomic E-state index is -1.14. The van der Waals surface area contributed by atoms with Crippen LogP contribution in [-0.2, 0) is 0 Å². The molecule has 0 saturated heterocycles. The molecule has 0 aliphatic rings. The maximum Gasteiger partial charge on any atom is 0.405 e. The third-order valence-electron chi connectivity index (χ3n) is 1.97. The Hall–Kier alpha value is -1.70. The highest BCUT2D eigenvalue weighted by atomic mass is 79.9. The number of carbonyl (C=O) groups is 2. The number of nitrogens with zero attached hydrogens (tertiary/aromatic N) is 2. The van der Waals surface area contributed by atoms with Crippen LogP contribution in [0.2, 0.25) is 0 Å². The third-order valence-corrected chi connectivity index (χ3v) is 2.36. The molecule has 0 bridgehead atoms. The molecule has 8 heteroatoms. The van der Waals surface area contributed by atoms with E-state index in [2.05, 4.69) is 36.5 Å². The molecular weight excluding hydrogens is 304 g/mol. The van der Waals surface area contributed by atoms with E-state index in [0.717, 1.165) is 0 Å². The lowest BCUT2D eigenvalue weighted by atomic mass is 10.1. The molecular formula is C10H13BrN4O3. The predicted octanol–water partition coefficient (Wildman–Crippen LogP) is 1.02. The number of rotatable bonds is 4. The van der Waals surface area contributed by atoms with Gasteiger partial charge in [-0.25, -0.2) is 9.78 Å². The molecule has 3 N–H and O–H groups in total. The van der Waals surface area contributed by atoms with Gasteiger partial charge in [0.1, 0.15) is 10.3 Å². The molecule has 1 heterocycles. The van der Waals surface area contributed by atoms with Crippen LogP contribution in [0.15, 0.2) is 17.0 Å². The van der Waals surface area contributed by atoms with E-state index in [4.69, 9.17) is 5.11 Å². The molecule has 0 aromatic carbocycles. The lowest BCUT2D eigenvalue weighted by molar-refractivity contribution is 0.0934. The summed E-state index contributed by atoms with van der Waals surface area (Å²) in [4.78, 5) is 30.0. The van der Waals surface area contributed by atoms with Gasteiger partial charge in [-0.15, -0.1) is 0 Å². The number of carbonyl (C=O) groups excluding carboxylic acids is 1. The number of amides is 2. The molecule has 0 aliphatic heterocycles. The highest BCUT2D eigenvalue weighted by Crippen LogP contribution is 2.04. The van der Waals surface area contributed by atoms with E-state index in [9.17, 15) is 9.59 Å². The average molecular weight is 317 g/mol. The highest BCUT2D eigenvalue weighted by Gasteiger charge is 2.21. The van der Waals surface area contributed by atoms with Crippen LogP contribution < -0.4 is 10.6 Å². The van der Waals surface area contributed by atoms with Gasteiger partial charge < -0.3 is 15.7 Å². The summed E-state index contributed by atoms with van der Waals surface area (Å²) in [5.41, 5.74) is -0.600. The molecule has 0 atom stereocenters. The summed E-state index contributed by atoms with van der Waals surface area (Å²) in [6, 6.07) is 0. The molecule has 1 aromatic heterocycles. The molecule has 98 valence electrons. The zero-order valence-corrected chi connectivity index (χ0v) is 11.5. The van der Waals surface area contributed by atoms with Gasteiger partial charge in [0.2, 0.25) is 0 Å². The molecule has 2 amide bonds. The van der Waals surface area contributed by atoms with Crippen molar-refractivity contribution in [1.29, 1.82) is 0 Å². The zero-order chi connectivity index (χ0) is 13.8. The summed E-state index contributed by atoms with van der Waals surface area (Å²) in [7, 11) is 0. The molecule has 7 nitrogen and oxygen atoms in total. The summed E-state index contributed by atoms with van der Waals surface area (Å²) < 4.78 is 0.457. The molecule has 0 saturated carbocycles. The van der Waals surface area contributed by atoms with Crippen LogP contribution in [0.5, 0.6) is 0 Å². The van der Waals surface area contributed by atoms with Crippen LogP contribution in [0.1, 0.15) is 24.3 Å². The van der Waals surface area contributed by atoms with Gasteiger partial charge in [0.15, 0.2) is 0 Å². The predicted molar refractivity (Wildman–Crippen MR) is 67.3 cm³/mol. The average Bonchev–Trinajstić information content (AvgIpc) is 2.24. The van der Waals surface area contributed by atoms with Crippen LogP contribution in [-0.4, -0.2) is 39.2 Å². The Morgan fingerprint density at radius 2 is 2.11 bits per heavy atom. The second-order valence-electron chi connectivity index (χ2n) is 4.22. The molecule has 1 rings (SSSR count). The van der Waals surface area contributed by atoms with Gasteiger partial charge in [-0.2, -0.15) is 0 Å². The number of halogens is 1. The quantitative estimate of drug-likeness (QED) is 0.769. The smallest absolute Gasteiger partial charge is 0.405 e. The Balaban J connectivity index is 2.58. The first-order valence-corrected chi connectivity index (χ1v) is 5.86. The zero-order valence-electron chi connectivity index (χ0n) is 9.90. The number of aromatic nitrogens is 2. The van der Waals surface area contributed by atoms with E-state index in [1.807, 2.05) is 0 Å². The van der Waals surface area contributed by atoms with Gasteiger partial charge in [0.05, 0.1) is 17.9 Å². The first-order chi connectivity index (χ1) is 8.30. The molecule has 0 aliphatic carbocycles. The summed E-state index contributed by atoms with van der Waals surface area (Å²) in [6.07, 6.45) is 1.65. The standard InChI is InChI=1S/C10H13BrN4O3/c1-10(2,15-9(17)18)5-13-8(16)6-3-12-4-7(11)14-6/h3-4,15H,5H2,1-2H3,(H,13,16)(H,17,18). The van der Waals surface area contributed by atoms with E-state index in [0.29, 0.717) is 4.60 Å². The van der Waals surface area contributed by atoms with Gasteiger partial charge in [-0.1, -0.05) is 0 Å². The summed E-state index contributed by atoms with van der Waals surface area (Å²) in [5, 5.41) is 13.5. The Morgan fingerprint density at radius 1 is 1.44 bits per heavy atom. The molecule has 0 unspecified atom stereocenters. The Labute approximate surface area is 112 Å².